The maximum atomic E-state index is 17.4. The smallest absolute Gasteiger partial charge is 0.306 e. The van der Waals surface area contributed by atoms with E-state index in [-0.39, 0.29) is 49.5 Å². The number of ketones is 2. The number of carbonyl (C=O) groups excluding carboxylic acids is 5. The molecule has 0 aromatic heterocycles. The van der Waals surface area contributed by atoms with E-state index in [4.69, 9.17) is 19.3 Å². The van der Waals surface area contributed by atoms with Gasteiger partial charge in [0.2, 0.25) is 5.78 Å². The minimum Gasteiger partial charge on any atom is -0.481 e. The average molecular weight is 1050 g/mol. The van der Waals surface area contributed by atoms with E-state index in [9.17, 15) is 44.1 Å². The number of aliphatic carboxylic acids is 1. The molecule has 0 spiro atoms. The van der Waals surface area contributed by atoms with Crippen molar-refractivity contribution in [3.05, 3.63) is 59.3 Å². The van der Waals surface area contributed by atoms with Gasteiger partial charge in [-0.05, 0) is 137 Å². The molecule has 4 N–H and O–H groups in total. The van der Waals surface area contributed by atoms with Crippen LogP contribution in [0.2, 0.25) is 0 Å². The highest BCUT2D eigenvalue weighted by Gasteiger charge is 2.77. The molecule has 14 heteroatoms. The zero-order chi connectivity index (χ0) is 56.1. The van der Waals surface area contributed by atoms with Crippen molar-refractivity contribution in [3.8, 4) is 0 Å². The quantitative estimate of drug-likeness (QED) is 0.0889. The van der Waals surface area contributed by atoms with Crippen LogP contribution >= 0.6 is 0 Å². The normalized spacial score (nSPS) is 37.2. The van der Waals surface area contributed by atoms with Crippen molar-refractivity contribution in [2.45, 2.75) is 227 Å². The Labute approximate surface area is 446 Å². The predicted molar refractivity (Wildman–Crippen MR) is 284 cm³/mol. The molecule has 7 aliphatic carbocycles. The van der Waals surface area contributed by atoms with E-state index in [0.717, 1.165) is 36.3 Å². The summed E-state index contributed by atoms with van der Waals surface area (Å²) >= 11 is 0. The van der Waals surface area contributed by atoms with Crippen LogP contribution < -0.4 is 0 Å². The molecule has 14 atom stereocenters. The lowest BCUT2D eigenvalue weighted by molar-refractivity contribution is -0.228. The summed E-state index contributed by atoms with van der Waals surface area (Å²) in [6.07, 6.45) is 18.9. The third-order valence-corrected chi connectivity index (χ3v) is 19.1. The lowest BCUT2D eigenvalue weighted by Crippen LogP contribution is -2.70. The SMILES string of the molecule is C=C1/C(=C\C=C2CCC[C@@]3(C)C2CC[C@@H]3[C@H](C)CCCC(C)(C)O)C[C@@H](OC(=O)CC)CC1O.CCC(=O)O.CCC(=O)OCC(=O)[C@@]1(OC(=O)CC)[C@@H](C)C[C@H]2[C@@H]3CCC4=CC(=O)C=C[C@]4(C)C3(F)[C@@H](O)C[C@@]21C. The van der Waals surface area contributed by atoms with Gasteiger partial charge in [-0.15, -0.1) is 0 Å². The van der Waals surface area contributed by atoms with Crippen molar-refractivity contribution in [2.24, 2.45) is 51.8 Å². The van der Waals surface area contributed by atoms with Gasteiger partial charge in [0.05, 0.1) is 17.8 Å². The first kappa shape index (κ1) is 61.6. The standard InChI is InChI=1S/C30H48O4.C28H37FO7.C3H6O2/c1-7-28(32)34-24-18-23(21(3)27(31)19-24)13-12-22-11-9-17-30(6)25(14-15-26(22)30)20(2)10-8-16-29(4,5)33;1-6-23(33)35-15-22(32)28(36-24(34)7-2)16(3)12-20-19-9-8-17-13-18(30)10-11-25(17,4)27(19,29)21(31)14-26(20,28)5;1-2-3(4)5/h12-13,20,24-27,31,33H,3,7-11,14-19H2,1-2,4-6H3;10-11,13,16,19-21,31H,6-9,12,14-15H2,1-5H3;2H2,1H3,(H,4,5)/b22-12?,23-13-;;/t20-,24-,25-,26?,27?,30-;16-,19-,20-,21-,25-,26-,27?,28-;/m10./s1. The number of allylic oxidation sites excluding steroid dienone is 7. The largest absolute Gasteiger partial charge is 0.481 e. The Balaban J connectivity index is 0.000000255. The summed E-state index contributed by atoms with van der Waals surface area (Å²) < 4.78 is 34.1. The minimum atomic E-state index is -2.05. The Hall–Kier alpha value is -4.27. The number of fused-ring (bicyclic) bond motifs is 6. The van der Waals surface area contributed by atoms with Gasteiger partial charge in [-0.3, -0.25) is 28.8 Å². The van der Waals surface area contributed by atoms with Crippen LogP contribution in [0, 0.1) is 51.8 Å². The maximum Gasteiger partial charge on any atom is 0.306 e. The molecule has 0 aromatic rings. The Morgan fingerprint density at radius 3 is 2.19 bits per heavy atom. The van der Waals surface area contributed by atoms with Crippen molar-refractivity contribution >= 4 is 35.4 Å². The predicted octanol–water partition coefficient (Wildman–Crippen LogP) is 11.0. The zero-order valence-corrected chi connectivity index (χ0v) is 47.1. The highest BCUT2D eigenvalue weighted by molar-refractivity contribution is 6.01. The summed E-state index contributed by atoms with van der Waals surface area (Å²) in [7, 11) is 0. The molecule has 0 aliphatic heterocycles. The van der Waals surface area contributed by atoms with Gasteiger partial charge in [0.25, 0.3) is 0 Å². The first-order valence-electron chi connectivity index (χ1n) is 28.2. The highest BCUT2D eigenvalue weighted by atomic mass is 19.1. The molecule has 13 nitrogen and oxygen atoms in total. The first-order valence-corrected chi connectivity index (χ1v) is 28.2. The number of carboxylic acid groups (broad SMARTS) is 1. The first-order chi connectivity index (χ1) is 35.0. The van der Waals surface area contributed by atoms with Gasteiger partial charge in [-0.1, -0.05) is 104 Å². The van der Waals surface area contributed by atoms with Gasteiger partial charge < -0.3 is 34.6 Å². The van der Waals surface area contributed by atoms with E-state index in [0.29, 0.717) is 61.3 Å². The molecule has 3 unspecified atom stereocenters. The number of hydrogen-bond acceptors (Lipinski definition) is 12. The highest BCUT2D eigenvalue weighted by Crippen LogP contribution is 2.71. The zero-order valence-electron chi connectivity index (χ0n) is 47.1. The Morgan fingerprint density at radius 1 is 0.920 bits per heavy atom. The number of hydrogen-bond donors (Lipinski definition) is 4. The number of aliphatic hydroxyl groups is 3. The number of alkyl halides is 1. The number of esters is 3. The van der Waals surface area contributed by atoms with Gasteiger partial charge in [0.15, 0.2) is 23.7 Å². The number of ether oxygens (including phenoxy) is 3. The lowest BCUT2D eigenvalue weighted by atomic mass is 9.44. The molecule has 420 valence electrons. The monoisotopic (exact) mass is 1050 g/mol. The van der Waals surface area contributed by atoms with Crippen molar-refractivity contribution in [1.29, 1.82) is 0 Å². The van der Waals surface area contributed by atoms with Gasteiger partial charge in [-0.2, -0.15) is 0 Å². The summed E-state index contributed by atoms with van der Waals surface area (Å²) in [5, 5.41) is 39.8. The fraction of sp³-hybridized carbons (Fsp3) is 0.738. The molecule has 0 radical (unpaired) electrons. The molecule has 0 amide bonds. The fourth-order valence-electron chi connectivity index (χ4n) is 15.1. The van der Waals surface area contributed by atoms with Crippen molar-refractivity contribution in [1.82, 2.24) is 0 Å². The van der Waals surface area contributed by atoms with Crippen LogP contribution in [0.4, 0.5) is 4.39 Å². The van der Waals surface area contributed by atoms with Crippen molar-refractivity contribution in [3.63, 3.8) is 0 Å². The van der Waals surface area contributed by atoms with Crippen LogP contribution in [0.3, 0.4) is 0 Å². The molecule has 0 aromatic carbocycles. The summed E-state index contributed by atoms with van der Waals surface area (Å²) in [5.41, 5.74) is -2.16. The van der Waals surface area contributed by atoms with Gasteiger partial charge in [0, 0.05) is 61.2 Å². The third-order valence-electron chi connectivity index (χ3n) is 19.1. The molecular weight excluding hydrogens is 960 g/mol. The number of Topliss-reactive ketones (excluding diaryl/α,β-unsaturated/α-hetero) is 1. The Bertz CT molecular complexity index is 2270. The molecule has 6 fully saturated rings. The van der Waals surface area contributed by atoms with Crippen LogP contribution in [0.1, 0.15) is 192 Å². The topological polar surface area (TPSA) is 211 Å². The maximum absolute atomic E-state index is 17.4. The summed E-state index contributed by atoms with van der Waals surface area (Å²) in [6, 6.07) is 0. The van der Waals surface area contributed by atoms with Gasteiger partial charge in [-0.25, -0.2) is 4.39 Å². The van der Waals surface area contributed by atoms with E-state index in [2.05, 4.69) is 32.6 Å². The number of rotatable bonds is 15. The Morgan fingerprint density at radius 2 is 1.57 bits per heavy atom. The molecule has 75 heavy (non-hydrogen) atoms. The fourth-order valence-corrected chi connectivity index (χ4v) is 15.1. The Kier molecular flexibility index (Phi) is 20.2. The molecule has 0 heterocycles. The molecule has 7 rings (SSSR count). The number of carboxylic acids is 1. The molecular formula is C61H91FO13. The van der Waals surface area contributed by atoms with E-state index in [1.54, 1.807) is 53.2 Å². The minimum absolute atomic E-state index is 0.0430. The van der Waals surface area contributed by atoms with E-state index >= 15 is 4.39 Å². The molecule has 0 saturated heterocycles. The average Bonchev–Trinajstić information content (AvgIpc) is 3.82. The van der Waals surface area contributed by atoms with Crippen LogP contribution in [-0.2, 0) is 43.0 Å². The van der Waals surface area contributed by atoms with Crippen LogP contribution in [0.15, 0.2) is 59.3 Å². The second kappa shape index (κ2) is 24.6. The summed E-state index contributed by atoms with van der Waals surface area (Å²) in [5.74, 6) is -2.23. The lowest BCUT2D eigenvalue weighted by Gasteiger charge is -2.62. The second-order valence-corrected chi connectivity index (χ2v) is 24.3. The van der Waals surface area contributed by atoms with Gasteiger partial charge >= 0.3 is 23.9 Å². The molecule has 7 aliphatic rings. The summed E-state index contributed by atoms with van der Waals surface area (Å²) in [6.45, 7) is 24.3. The van der Waals surface area contributed by atoms with Crippen molar-refractivity contribution in [2.75, 3.05) is 6.61 Å². The molecule has 6 saturated carbocycles. The van der Waals surface area contributed by atoms with Crippen LogP contribution in [0.25, 0.3) is 0 Å². The van der Waals surface area contributed by atoms with E-state index < -0.39 is 82.0 Å². The number of carbonyl (C=O) groups is 6. The van der Waals surface area contributed by atoms with Crippen LogP contribution in [0.5, 0.6) is 0 Å². The van der Waals surface area contributed by atoms with Crippen LogP contribution in [-0.4, -0.2) is 97.7 Å². The summed E-state index contributed by atoms with van der Waals surface area (Å²) in [4.78, 5) is 71.5. The number of aliphatic hydroxyl groups excluding tert-OH is 2. The number of halogens is 1. The molecule has 0 bridgehead atoms. The third kappa shape index (κ3) is 12.5. The van der Waals surface area contributed by atoms with Gasteiger partial charge in [0.1, 0.15) is 6.10 Å². The van der Waals surface area contributed by atoms with Crippen molar-refractivity contribution < 1.29 is 67.8 Å². The van der Waals surface area contributed by atoms with E-state index in [1.807, 2.05) is 20.8 Å². The second-order valence-electron chi connectivity index (χ2n) is 24.3. The van der Waals surface area contributed by atoms with E-state index in [1.165, 1.54) is 44.3 Å².